The molecular formula is C21H23Br2ClN2. The van der Waals surface area contributed by atoms with E-state index in [4.69, 9.17) is 16.6 Å². The highest BCUT2D eigenvalue weighted by molar-refractivity contribution is 9.10. The fraction of sp³-hybridized carbons (Fsp3) is 0.476. The predicted molar refractivity (Wildman–Crippen MR) is 115 cm³/mol. The first-order valence-electron chi connectivity index (χ1n) is 9.43. The maximum atomic E-state index is 6.38. The Hall–Kier alpha value is -0.420. The molecule has 2 aromatic rings. The van der Waals surface area contributed by atoms with Gasteiger partial charge in [-0.1, -0.05) is 40.9 Å². The lowest BCUT2D eigenvalue weighted by atomic mass is 9.90. The zero-order chi connectivity index (χ0) is 18.3. The third kappa shape index (κ3) is 3.63. The zero-order valence-corrected chi connectivity index (χ0v) is 18.9. The Labute approximate surface area is 177 Å². The van der Waals surface area contributed by atoms with E-state index in [9.17, 15) is 0 Å². The van der Waals surface area contributed by atoms with E-state index in [1.54, 1.807) is 0 Å². The Kier molecular flexibility index (Phi) is 5.75. The quantitative estimate of drug-likeness (QED) is 0.466. The molecule has 1 unspecified atom stereocenters. The highest BCUT2D eigenvalue weighted by Gasteiger charge is 2.34. The number of aryl methyl sites for hydroxylation is 2. The van der Waals surface area contributed by atoms with Crippen LogP contribution < -0.4 is 0 Å². The molecule has 2 heterocycles. The molecule has 4 rings (SSSR count). The number of benzene rings is 1. The molecular weight excluding hydrogens is 476 g/mol. The summed E-state index contributed by atoms with van der Waals surface area (Å²) in [6.45, 7) is 4.58. The molecule has 0 saturated carbocycles. The summed E-state index contributed by atoms with van der Waals surface area (Å²) in [5.74, 6) is 0.863. The lowest BCUT2D eigenvalue weighted by Gasteiger charge is -2.38. The standard InChI is InChI=1S/C21H23Br2ClN2/c1-2-13-5-7-26(8-6-13)21-19-14(10-17(24)11-18(19)23)3-4-15-9-16(22)12-25-20(15)21/h9-13,21H,2-8H2,1H3. The van der Waals surface area contributed by atoms with E-state index in [-0.39, 0.29) is 6.04 Å². The van der Waals surface area contributed by atoms with Gasteiger partial charge in [0.25, 0.3) is 0 Å². The average molecular weight is 499 g/mol. The van der Waals surface area contributed by atoms with Gasteiger partial charge in [-0.2, -0.15) is 0 Å². The van der Waals surface area contributed by atoms with Crippen LogP contribution in [0.25, 0.3) is 0 Å². The number of piperidine rings is 1. The van der Waals surface area contributed by atoms with Gasteiger partial charge in [-0.15, -0.1) is 0 Å². The number of fused-ring (bicyclic) bond motifs is 2. The largest absolute Gasteiger partial charge is 0.291 e. The number of likely N-dealkylation sites (tertiary alicyclic amines) is 1. The van der Waals surface area contributed by atoms with E-state index in [2.05, 4.69) is 55.8 Å². The van der Waals surface area contributed by atoms with Crippen molar-refractivity contribution in [2.24, 2.45) is 5.92 Å². The van der Waals surface area contributed by atoms with E-state index in [0.29, 0.717) is 0 Å². The fourth-order valence-electron chi connectivity index (χ4n) is 4.47. The SMILES string of the molecule is CCC1CCN(C2c3ncc(Br)cc3CCc3cc(Cl)cc(Br)c32)CC1. The minimum absolute atomic E-state index is 0.208. The monoisotopic (exact) mass is 496 g/mol. The van der Waals surface area contributed by atoms with Crippen molar-refractivity contribution in [1.82, 2.24) is 9.88 Å². The molecule has 2 aliphatic rings. The van der Waals surface area contributed by atoms with Crippen molar-refractivity contribution in [2.75, 3.05) is 13.1 Å². The van der Waals surface area contributed by atoms with E-state index in [1.807, 2.05) is 12.3 Å². The van der Waals surface area contributed by atoms with Crippen LogP contribution in [0.3, 0.4) is 0 Å². The second-order valence-electron chi connectivity index (χ2n) is 7.45. The van der Waals surface area contributed by atoms with Crippen molar-refractivity contribution in [3.8, 4) is 0 Å². The number of hydrogen-bond donors (Lipinski definition) is 0. The van der Waals surface area contributed by atoms with Crippen LogP contribution in [-0.4, -0.2) is 23.0 Å². The molecule has 1 aliphatic carbocycles. The van der Waals surface area contributed by atoms with Crippen LogP contribution in [0.4, 0.5) is 0 Å². The Morgan fingerprint density at radius 1 is 1.12 bits per heavy atom. The van der Waals surface area contributed by atoms with Gasteiger partial charge in [0.15, 0.2) is 0 Å². The van der Waals surface area contributed by atoms with Gasteiger partial charge in [0.1, 0.15) is 0 Å². The number of hydrogen-bond acceptors (Lipinski definition) is 2. The number of aromatic nitrogens is 1. The maximum absolute atomic E-state index is 6.38. The van der Waals surface area contributed by atoms with Crippen LogP contribution in [0, 0.1) is 5.92 Å². The molecule has 1 atom stereocenters. The molecule has 1 aromatic carbocycles. The summed E-state index contributed by atoms with van der Waals surface area (Å²) >= 11 is 13.8. The zero-order valence-electron chi connectivity index (χ0n) is 14.9. The summed E-state index contributed by atoms with van der Waals surface area (Å²) < 4.78 is 2.17. The molecule has 138 valence electrons. The lowest BCUT2D eigenvalue weighted by molar-refractivity contribution is 0.146. The first-order chi connectivity index (χ1) is 12.6. The minimum atomic E-state index is 0.208. The smallest absolute Gasteiger partial charge is 0.0792 e. The van der Waals surface area contributed by atoms with Crippen molar-refractivity contribution >= 4 is 43.5 Å². The van der Waals surface area contributed by atoms with Crippen molar-refractivity contribution < 1.29 is 0 Å². The van der Waals surface area contributed by atoms with Crippen molar-refractivity contribution in [3.63, 3.8) is 0 Å². The first-order valence-corrected chi connectivity index (χ1v) is 11.4. The van der Waals surface area contributed by atoms with Gasteiger partial charge in [-0.25, -0.2) is 0 Å². The van der Waals surface area contributed by atoms with Crippen LogP contribution in [0.15, 0.2) is 33.3 Å². The van der Waals surface area contributed by atoms with Crippen LogP contribution in [0.2, 0.25) is 5.02 Å². The highest BCUT2D eigenvalue weighted by Crippen LogP contribution is 2.42. The summed E-state index contributed by atoms with van der Waals surface area (Å²) in [6, 6.07) is 6.64. The molecule has 0 spiro atoms. The van der Waals surface area contributed by atoms with E-state index in [0.717, 1.165) is 45.8 Å². The Balaban J connectivity index is 1.83. The molecule has 1 fully saturated rings. The molecule has 2 nitrogen and oxygen atoms in total. The second-order valence-corrected chi connectivity index (χ2v) is 9.65. The van der Waals surface area contributed by atoms with Crippen molar-refractivity contribution in [3.05, 3.63) is 60.7 Å². The highest BCUT2D eigenvalue weighted by atomic mass is 79.9. The number of halogens is 3. The molecule has 1 aromatic heterocycles. The number of pyridine rings is 1. The summed E-state index contributed by atoms with van der Waals surface area (Å²) in [5, 5.41) is 0.805. The van der Waals surface area contributed by atoms with Gasteiger partial charge in [0.05, 0.1) is 11.7 Å². The summed E-state index contributed by atoms with van der Waals surface area (Å²) in [6.07, 6.45) is 7.79. The normalized spacial score (nSPS) is 21.2. The van der Waals surface area contributed by atoms with Crippen LogP contribution in [0.1, 0.15) is 54.6 Å². The van der Waals surface area contributed by atoms with Gasteiger partial charge in [-0.05, 0) is 95.5 Å². The van der Waals surface area contributed by atoms with Gasteiger partial charge in [0, 0.05) is 20.2 Å². The number of rotatable bonds is 2. The molecule has 5 heteroatoms. The summed E-state index contributed by atoms with van der Waals surface area (Å²) in [4.78, 5) is 7.53. The molecule has 0 N–H and O–H groups in total. The second kappa shape index (κ2) is 7.90. The Morgan fingerprint density at radius 2 is 1.85 bits per heavy atom. The lowest BCUT2D eigenvalue weighted by Crippen LogP contribution is -2.38. The molecule has 1 saturated heterocycles. The molecule has 0 radical (unpaired) electrons. The topological polar surface area (TPSA) is 16.1 Å². The number of nitrogens with zero attached hydrogens (tertiary/aromatic N) is 2. The third-order valence-electron chi connectivity index (χ3n) is 5.94. The van der Waals surface area contributed by atoms with Crippen LogP contribution in [0.5, 0.6) is 0 Å². The molecule has 26 heavy (non-hydrogen) atoms. The van der Waals surface area contributed by atoms with Crippen LogP contribution >= 0.6 is 43.5 Å². The fourth-order valence-corrected chi connectivity index (χ4v) is 5.94. The predicted octanol–water partition coefficient (Wildman–Crippen LogP) is 6.57. The summed E-state index contributed by atoms with van der Waals surface area (Å²) in [7, 11) is 0. The third-order valence-corrected chi connectivity index (χ3v) is 7.24. The van der Waals surface area contributed by atoms with Crippen molar-refractivity contribution in [2.45, 2.75) is 45.1 Å². The maximum Gasteiger partial charge on any atom is 0.0792 e. The first kappa shape index (κ1) is 18.9. The van der Waals surface area contributed by atoms with E-state index in [1.165, 1.54) is 41.6 Å². The van der Waals surface area contributed by atoms with Gasteiger partial charge in [0.2, 0.25) is 0 Å². The van der Waals surface area contributed by atoms with Crippen LogP contribution in [-0.2, 0) is 12.8 Å². The Morgan fingerprint density at radius 3 is 2.58 bits per heavy atom. The molecule has 0 bridgehead atoms. The summed E-state index contributed by atoms with van der Waals surface area (Å²) in [5.41, 5.74) is 5.27. The van der Waals surface area contributed by atoms with E-state index < -0.39 is 0 Å². The Bertz CT molecular complexity index is 816. The minimum Gasteiger partial charge on any atom is -0.291 e. The average Bonchev–Trinajstić information content (AvgIpc) is 2.78. The van der Waals surface area contributed by atoms with Gasteiger partial charge in [-0.3, -0.25) is 9.88 Å². The van der Waals surface area contributed by atoms with Crippen molar-refractivity contribution in [1.29, 1.82) is 0 Å². The van der Waals surface area contributed by atoms with Gasteiger partial charge < -0.3 is 0 Å². The van der Waals surface area contributed by atoms with Gasteiger partial charge >= 0.3 is 0 Å². The molecule has 0 amide bonds. The molecule has 1 aliphatic heterocycles. The van der Waals surface area contributed by atoms with E-state index >= 15 is 0 Å².